The van der Waals surface area contributed by atoms with Crippen molar-refractivity contribution in [3.05, 3.63) is 77.4 Å². The van der Waals surface area contributed by atoms with Crippen LogP contribution in [-0.2, 0) is 4.79 Å². The number of para-hydroxylation sites is 1. The van der Waals surface area contributed by atoms with Crippen LogP contribution in [0.5, 0.6) is 0 Å². The lowest BCUT2D eigenvalue weighted by Crippen LogP contribution is -2.37. The molecule has 1 heterocycles. The van der Waals surface area contributed by atoms with Gasteiger partial charge in [-0.2, -0.15) is 5.10 Å². The molecule has 0 spiro atoms. The van der Waals surface area contributed by atoms with Crippen LogP contribution in [-0.4, -0.2) is 26.9 Å². The molecule has 0 aliphatic carbocycles. The summed E-state index contributed by atoms with van der Waals surface area (Å²) >= 11 is 0. The van der Waals surface area contributed by atoms with Crippen molar-refractivity contribution in [1.82, 2.24) is 15.1 Å². The van der Waals surface area contributed by atoms with E-state index in [9.17, 15) is 19.1 Å². The van der Waals surface area contributed by atoms with Crippen molar-refractivity contribution in [3.8, 4) is 5.69 Å². The number of carbonyl (C=O) groups is 2. The van der Waals surface area contributed by atoms with Gasteiger partial charge in [0.25, 0.3) is 0 Å². The standard InChI is InChI=1S/C20H19FN4O3/c1-12-17(13(2)25(24-12)16-10-8-14(21)9-11-16)18(19(26)27)23-20(28)22-15-6-4-3-5-7-15/h3-11,18H,1-2H3,(H,26,27)(H2,22,23,28). The van der Waals surface area contributed by atoms with E-state index in [-0.39, 0.29) is 5.82 Å². The molecule has 0 aliphatic heterocycles. The Morgan fingerprint density at radius 2 is 1.71 bits per heavy atom. The second-order valence-electron chi connectivity index (χ2n) is 6.21. The number of aliphatic carboxylic acids is 1. The molecule has 144 valence electrons. The van der Waals surface area contributed by atoms with E-state index in [0.717, 1.165) is 0 Å². The number of carboxylic acids is 1. The molecule has 0 saturated heterocycles. The maximum absolute atomic E-state index is 13.2. The summed E-state index contributed by atoms with van der Waals surface area (Å²) in [6.07, 6.45) is 0. The fourth-order valence-electron chi connectivity index (χ4n) is 2.98. The number of nitrogens with one attached hydrogen (secondary N) is 2. The molecule has 1 aromatic heterocycles. The average molecular weight is 382 g/mol. The number of aryl methyl sites for hydroxylation is 1. The lowest BCUT2D eigenvalue weighted by atomic mass is 10.1. The van der Waals surface area contributed by atoms with Crippen molar-refractivity contribution in [2.45, 2.75) is 19.9 Å². The van der Waals surface area contributed by atoms with E-state index < -0.39 is 18.0 Å². The first-order valence-electron chi connectivity index (χ1n) is 8.54. The SMILES string of the molecule is Cc1nn(-c2ccc(F)cc2)c(C)c1C(NC(=O)Nc1ccccc1)C(=O)O. The van der Waals surface area contributed by atoms with Crippen LogP contribution < -0.4 is 10.6 Å². The van der Waals surface area contributed by atoms with Crippen LogP contribution in [0.15, 0.2) is 54.6 Å². The highest BCUT2D eigenvalue weighted by Gasteiger charge is 2.29. The number of nitrogens with zero attached hydrogens (tertiary/aromatic N) is 2. The van der Waals surface area contributed by atoms with Crippen molar-refractivity contribution in [1.29, 1.82) is 0 Å². The minimum Gasteiger partial charge on any atom is -0.479 e. The third-order valence-electron chi connectivity index (χ3n) is 4.26. The zero-order valence-electron chi connectivity index (χ0n) is 15.3. The minimum atomic E-state index is -1.29. The van der Waals surface area contributed by atoms with Gasteiger partial charge < -0.3 is 15.7 Å². The first-order chi connectivity index (χ1) is 13.4. The molecule has 0 fully saturated rings. The molecule has 3 N–H and O–H groups in total. The van der Waals surface area contributed by atoms with Gasteiger partial charge in [0.2, 0.25) is 0 Å². The van der Waals surface area contributed by atoms with Crippen LogP contribution in [0.1, 0.15) is 23.0 Å². The molecule has 0 bridgehead atoms. The van der Waals surface area contributed by atoms with E-state index in [4.69, 9.17) is 0 Å². The monoisotopic (exact) mass is 382 g/mol. The van der Waals surface area contributed by atoms with Crippen molar-refractivity contribution >= 4 is 17.7 Å². The third-order valence-corrected chi connectivity index (χ3v) is 4.26. The van der Waals surface area contributed by atoms with Gasteiger partial charge in [-0.25, -0.2) is 18.7 Å². The van der Waals surface area contributed by atoms with E-state index in [1.165, 1.54) is 16.8 Å². The fourth-order valence-corrected chi connectivity index (χ4v) is 2.98. The molecule has 0 saturated carbocycles. The Labute approximate surface area is 160 Å². The fraction of sp³-hybridized carbons (Fsp3) is 0.150. The Kier molecular flexibility index (Phi) is 5.39. The molecule has 3 rings (SSSR count). The Morgan fingerprint density at radius 3 is 2.32 bits per heavy atom. The van der Waals surface area contributed by atoms with Crippen LogP contribution in [0, 0.1) is 19.7 Å². The van der Waals surface area contributed by atoms with Gasteiger partial charge in [0.1, 0.15) is 5.82 Å². The molecular weight excluding hydrogens is 363 g/mol. The van der Waals surface area contributed by atoms with E-state index >= 15 is 0 Å². The highest BCUT2D eigenvalue weighted by molar-refractivity contribution is 5.92. The summed E-state index contributed by atoms with van der Waals surface area (Å²) in [5.74, 6) is -1.60. The molecule has 8 heteroatoms. The first kappa shape index (κ1) is 19.1. The second-order valence-corrected chi connectivity index (χ2v) is 6.21. The Balaban J connectivity index is 1.89. The molecule has 7 nitrogen and oxygen atoms in total. The number of anilines is 1. The Hall–Kier alpha value is -3.68. The molecule has 1 unspecified atom stereocenters. The predicted molar refractivity (Wildman–Crippen MR) is 102 cm³/mol. The number of carboxylic acid groups (broad SMARTS) is 1. The number of urea groups is 1. The smallest absolute Gasteiger partial charge is 0.331 e. The molecule has 0 radical (unpaired) electrons. The van der Waals surface area contributed by atoms with E-state index in [1.807, 2.05) is 0 Å². The Morgan fingerprint density at radius 1 is 1.07 bits per heavy atom. The van der Waals surface area contributed by atoms with Gasteiger partial charge in [-0.15, -0.1) is 0 Å². The maximum Gasteiger partial charge on any atom is 0.331 e. The maximum atomic E-state index is 13.2. The minimum absolute atomic E-state index is 0.375. The summed E-state index contributed by atoms with van der Waals surface area (Å²) in [6, 6.07) is 12.4. The third kappa shape index (κ3) is 4.01. The van der Waals surface area contributed by atoms with Gasteiger partial charge in [-0.1, -0.05) is 18.2 Å². The van der Waals surface area contributed by atoms with Gasteiger partial charge in [-0.3, -0.25) is 0 Å². The molecule has 2 aromatic carbocycles. The van der Waals surface area contributed by atoms with Crippen LogP contribution in [0.4, 0.5) is 14.9 Å². The number of benzene rings is 2. The summed E-state index contributed by atoms with van der Waals surface area (Å²) in [5.41, 5.74) is 2.50. The van der Waals surface area contributed by atoms with Crippen molar-refractivity contribution in [2.24, 2.45) is 0 Å². The van der Waals surface area contributed by atoms with Gasteiger partial charge in [0.15, 0.2) is 6.04 Å². The van der Waals surface area contributed by atoms with Crippen LogP contribution >= 0.6 is 0 Å². The van der Waals surface area contributed by atoms with Crippen molar-refractivity contribution in [2.75, 3.05) is 5.32 Å². The number of hydrogen-bond acceptors (Lipinski definition) is 3. The largest absolute Gasteiger partial charge is 0.479 e. The number of amides is 2. The van der Waals surface area contributed by atoms with Crippen LogP contribution in [0.2, 0.25) is 0 Å². The summed E-state index contributed by atoms with van der Waals surface area (Å²) < 4.78 is 14.7. The number of aromatic nitrogens is 2. The van der Waals surface area contributed by atoms with Crippen molar-refractivity contribution in [3.63, 3.8) is 0 Å². The van der Waals surface area contributed by atoms with Gasteiger partial charge >= 0.3 is 12.0 Å². The number of hydrogen-bond donors (Lipinski definition) is 3. The summed E-state index contributed by atoms with van der Waals surface area (Å²) in [4.78, 5) is 24.1. The summed E-state index contributed by atoms with van der Waals surface area (Å²) in [6.45, 7) is 3.36. The molecule has 3 aromatic rings. The number of halogens is 1. The number of carbonyl (C=O) groups excluding carboxylic acids is 1. The van der Waals surface area contributed by atoms with E-state index in [1.54, 1.807) is 56.3 Å². The highest BCUT2D eigenvalue weighted by Crippen LogP contribution is 2.25. The van der Waals surface area contributed by atoms with Crippen molar-refractivity contribution < 1.29 is 19.1 Å². The lowest BCUT2D eigenvalue weighted by Gasteiger charge is -2.16. The zero-order chi connectivity index (χ0) is 20.3. The van der Waals surface area contributed by atoms with Gasteiger partial charge in [0.05, 0.1) is 11.4 Å². The molecule has 0 aliphatic rings. The van der Waals surface area contributed by atoms with E-state index in [2.05, 4.69) is 15.7 Å². The lowest BCUT2D eigenvalue weighted by molar-refractivity contribution is -0.139. The highest BCUT2D eigenvalue weighted by atomic mass is 19.1. The zero-order valence-corrected chi connectivity index (χ0v) is 15.3. The normalized spacial score (nSPS) is 11.7. The van der Waals surface area contributed by atoms with E-state index in [0.29, 0.717) is 28.3 Å². The predicted octanol–water partition coefficient (Wildman–Crippen LogP) is 3.58. The molecule has 2 amide bonds. The van der Waals surface area contributed by atoms with Crippen LogP contribution in [0.3, 0.4) is 0 Å². The quantitative estimate of drug-likeness (QED) is 0.628. The second kappa shape index (κ2) is 7.91. The Bertz CT molecular complexity index is 1000. The number of rotatable bonds is 5. The first-order valence-corrected chi connectivity index (χ1v) is 8.54. The molecular formula is C20H19FN4O3. The topological polar surface area (TPSA) is 96.3 Å². The average Bonchev–Trinajstić information content (AvgIpc) is 2.95. The van der Waals surface area contributed by atoms with Gasteiger partial charge in [-0.05, 0) is 50.2 Å². The van der Waals surface area contributed by atoms with Gasteiger partial charge in [0, 0.05) is 16.9 Å². The molecule has 1 atom stereocenters. The molecule has 28 heavy (non-hydrogen) atoms. The summed E-state index contributed by atoms with van der Waals surface area (Å²) in [7, 11) is 0. The summed E-state index contributed by atoms with van der Waals surface area (Å²) in [5, 5.41) is 19.1. The van der Waals surface area contributed by atoms with Crippen LogP contribution in [0.25, 0.3) is 5.69 Å².